The molecule has 9 heteroatoms. The third-order valence-electron chi connectivity index (χ3n) is 5.04. The number of nitrogens with one attached hydrogen (secondary N) is 3. The van der Waals surface area contributed by atoms with Crippen LogP contribution >= 0.6 is 11.3 Å². The van der Waals surface area contributed by atoms with E-state index >= 15 is 0 Å². The summed E-state index contributed by atoms with van der Waals surface area (Å²) in [5, 5.41) is 24.9. The van der Waals surface area contributed by atoms with E-state index in [0.717, 1.165) is 5.56 Å². The number of nitriles is 1. The van der Waals surface area contributed by atoms with Gasteiger partial charge in [-0.25, -0.2) is 9.97 Å². The van der Waals surface area contributed by atoms with Crippen LogP contribution in [0, 0.1) is 16.7 Å². The minimum atomic E-state index is -0.774. The first-order valence-corrected chi connectivity index (χ1v) is 11.1. The van der Waals surface area contributed by atoms with Crippen molar-refractivity contribution in [3.63, 3.8) is 0 Å². The Kier molecular flexibility index (Phi) is 6.91. The number of ketones is 1. The molecule has 34 heavy (non-hydrogen) atoms. The fourth-order valence-corrected chi connectivity index (χ4v) is 4.33. The topological polar surface area (TPSA) is 128 Å². The molecule has 0 aliphatic carbocycles. The van der Waals surface area contributed by atoms with Gasteiger partial charge in [0.25, 0.3) is 0 Å². The lowest BCUT2D eigenvalue weighted by Gasteiger charge is -2.20. The molecule has 1 atom stereocenters. The number of hydrogen-bond acceptors (Lipinski definition) is 9. The smallest absolute Gasteiger partial charge is 0.200 e. The van der Waals surface area contributed by atoms with Crippen molar-refractivity contribution in [2.24, 2.45) is 0 Å². The zero-order valence-electron chi connectivity index (χ0n) is 18.1. The van der Waals surface area contributed by atoms with Gasteiger partial charge in [-0.2, -0.15) is 5.26 Å². The van der Waals surface area contributed by atoms with Gasteiger partial charge in [0.15, 0.2) is 17.9 Å². The van der Waals surface area contributed by atoms with E-state index in [-0.39, 0.29) is 11.5 Å². The molecule has 0 bridgehead atoms. The summed E-state index contributed by atoms with van der Waals surface area (Å²) in [6.07, 6.45) is 7.41. The van der Waals surface area contributed by atoms with E-state index in [1.807, 2.05) is 41.8 Å². The predicted molar refractivity (Wildman–Crippen MR) is 132 cm³/mol. The van der Waals surface area contributed by atoms with Gasteiger partial charge < -0.3 is 20.5 Å². The first-order chi connectivity index (χ1) is 16.6. The number of pyridine rings is 1. The van der Waals surface area contributed by atoms with Gasteiger partial charge in [0.1, 0.15) is 17.8 Å². The molecule has 0 spiro atoms. The molecule has 0 saturated heterocycles. The number of anilines is 1. The zero-order chi connectivity index (χ0) is 23.9. The molecule has 0 radical (unpaired) electrons. The highest BCUT2D eigenvalue weighted by atomic mass is 32.1. The van der Waals surface area contributed by atoms with Crippen LogP contribution in [0.15, 0.2) is 77.2 Å². The van der Waals surface area contributed by atoms with Crippen molar-refractivity contribution in [1.29, 1.82) is 10.7 Å². The lowest BCUT2D eigenvalue weighted by atomic mass is 9.98. The molecule has 3 N–H and O–H groups in total. The van der Waals surface area contributed by atoms with E-state index in [0.29, 0.717) is 33.0 Å². The summed E-state index contributed by atoms with van der Waals surface area (Å²) < 4.78 is 5.40. The van der Waals surface area contributed by atoms with Crippen molar-refractivity contribution in [1.82, 2.24) is 15.3 Å². The zero-order valence-corrected chi connectivity index (χ0v) is 19.0. The van der Waals surface area contributed by atoms with Crippen molar-refractivity contribution >= 4 is 34.6 Å². The van der Waals surface area contributed by atoms with E-state index in [2.05, 4.69) is 20.6 Å². The summed E-state index contributed by atoms with van der Waals surface area (Å²) in [4.78, 5) is 22.5. The van der Waals surface area contributed by atoms with Gasteiger partial charge >= 0.3 is 0 Å². The number of allylic oxidation sites excluding steroid dienone is 1. The minimum Gasteiger partial charge on any atom is -0.444 e. The van der Waals surface area contributed by atoms with Crippen LogP contribution in [0.1, 0.15) is 32.5 Å². The van der Waals surface area contributed by atoms with Gasteiger partial charge in [-0.05, 0) is 29.6 Å². The lowest BCUT2D eigenvalue weighted by molar-refractivity contribution is 0.0973. The monoisotopic (exact) mass is 468 g/mol. The summed E-state index contributed by atoms with van der Waals surface area (Å²) in [6, 6.07) is 13.8. The number of Topliss-reactive ketones (excluding diaryl/α,β-unsaturated/α-hetero) is 1. The van der Waals surface area contributed by atoms with Crippen LogP contribution in [0.3, 0.4) is 0 Å². The van der Waals surface area contributed by atoms with E-state index in [1.165, 1.54) is 30.1 Å². The molecule has 0 saturated carbocycles. The largest absolute Gasteiger partial charge is 0.444 e. The van der Waals surface area contributed by atoms with Gasteiger partial charge in [-0.15, -0.1) is 11.3 Å². The van der Waals surface area contributed by atoms with Gasteiger partial charge in [-0.3, -0.25) is 4.79 Å². The first kappa shape index (κ1) is 22.6. The second kappa shape index (κ2) is 10.4. The number of hydrogen-bond donors (Lipinski definition) is 3. The second-order valence-electron chi connectivity index (χ2n) is 7.17. The molecule has 3 aromatic heterocycles. The van der Waals surface area contributed by atoms with Gasteiger partial charge in [0, 0.05) is 53.6 Å². The number of nitrogens with zero attached hydrogens (tertiary/aromatic N) is 3. The first-order valence-electron chi connectivity index (χ1n) is 10.3. The number of rotatable bonds is 9. The quantitative estimate of drug-likeness (QED) is 0.235. The maximum Gasteiger partial charge on any atom is 0.200 e. The lowest BCUT2D eigenvalue weighted by Crippen LogP contribution is -2.22. The molecule has 8 nitrogen and oxygen atoms in total. The maximum atomic E-state index is 13.8. The SMILES string of the molecule is CN/C=C(\C=N)c1ccsc1C(=O)C(Nc1cccc(-c2cnco2)c1)c1ccc(C#N)nc1. The number of benzene rings is 1. The van der Waals surface area contributed by atoms with Crippen molar-refractivity contribution in [2.45, 2.75) is 6.04 Å². The number of aromatic nitrogens is 2. The van der Waals surface area contributed by atoms with Crippen LogP contribution in [0.25, 0.3) is 16.9 Å². The average molecular weight is 469 g/mol. The Morgan fingerprint density at radius 2 is 2.15 bits per heavy atom. The van der Waals surface area contributed by atoms with Crippen molar-refractivity contribution < 1.29 is 9.21 Å². The van der Waals surface area contributed by atoms with Crippen LogP contribution in [0.4, 0.5) is 5.69 Å². The second-order valence-corrected chi connectivity index (χ2v) is 8.09. The Labute approximate surface area is 200 Å². The molecule has 0 fully saturated rings. The molecule has 0 aliphatic rings. The Morgan fingerprint density at radius 1 is 1.26 bits per heavy atom. The highest BCUT2D eigenvalue weighted by molar-refractivity contribution is 7.12. The van der Waals surface area contributed by atoms with E-state index in [4.69, 9.17) is 15.1 Å². The number of thiophene rings is 1. The van der Waals surface area contributed by atoms with Crippen LogP contribution in [-0.4, -0.2) is 29.0 Å². The van der Waals surface area contributed by atoms with Crippen LogP contribution in [-0.2, 0) is 0 Å². The molecule has 0 aliphatic heterocycles. The summed E-state index contributed by atoms with van der Waals surface area (Å²) in [6.45, 7) is 0. The fourth-order valence-electron chi connectivity index (χ4n) is 3.44. The molecule has 1 unspecified atom stereocenters. The van der Waals surface area contributed by atoms with Crippen molar-refractivity contribution in [3.8, 4) is 17.4 Å². The number of carbonyl (C=O) groups excluding carboxylic acids is 1. The van der Waals surface area contributed by atoms with Crippen LogP contribution in [0.5, 0.6) is 0 Å². The van der Waals surface area contributed by atoms with Crippen LogP contribution < -0.4 is 10.6 Å². The molecular weight excluding hydrogens is 448 g/mol. The Bertz CT molecular complexity index is 1370. The summed E-state index contributed by atoms with van der Waals surface area (Å²) in [5.41, 5.74) is 3.66. The van der Waals surface area contributed by atoms with E-state index in [9.17, 15) is 4.79 Å². The maximum absolute atomic E-state index is 13.8. The molecule has 4 rings (SSSR count). The molecule has 4 aromatic rings. The molecule has 168 valence electrons. The molecule has 0 amide bonds. The van der Waals surface area contributed by atoms with E-state index < -0.39 is 6.04 Å². The predicted octanol–water partition coefficient (Wildman–Crippen LogP) is 4.92. The number of oxazole rings is 1. The van der Waals surface area contributed by atoms with Crippen molar-refractivity contribution in [2.75, 3.05) is 12.4 Å². The molecular formula is C25H20N6O2S. The summed E-state index contributed by atoms with van der Waals surface area (Å²) in [7, 11) is 1.74. The van der Waals surface area contributed by atoms with Crippen LogP contribution in [0.2, 0.25) is 0 Å². The highest BCUT2D eigenvalue weighted by Gasteiger charge is 2.27. The minimum absolute atomic E-state index is 0.176. The van der Waals surface area contributed by atoms with Crippen molar-refractivity contribution in [3.05, 3.63) is 94.5 Å². The molecule has 1 aromatic carbocycles. The highest BCUT2D eigenvalue weighted by Crippen LogP contribution is 2.32. The van der Waals surface area contributed by atoms with Gasteiger partial charge in [0.05, 0.1) is 11.1 Å². The molecule has 3 heterocycles. The normalized spacial score (nSPS) is 11.9. The summed E-state index contributed by atoms with van der Waals surface area (Å²) >= 11 is 1.31. The fraction of sp³-hybridized carbons (Fsp3) is 0.0800. The average Bonchev–Trinajstić information content (AvgIpc) is 3.59. The van der Waals surface area contributed by atoms with E-state index in [1.54, 1.807) is 31.6 Å². The Balaban J connectivity index is 1.74. The third-order valence-corrected chi connectivity index (χ3v) is 5.97. The van der Waals surface area contributed by atoms with Gasteiger partial charge in [0.2, 0.25) is 0 Å². The third kappa shape index (κ3) is 4.77. The standard InChI is InChI=1S/C25H20N6O2S/c1-28-12-18(10-26)21-7-8-34-25(21)24(32)23(17-5-6-20(11-27)30-13-17)31-19-4-2-3-16(9-19)22-14-29-15-33-22/h2-10,12-15,23,26,28,31H,1H3/b18-12+,26-10?. The van der Waals surface area contributed by atoms with Gasteiger partial charge in [-0.1, -0.05) is 18.2 Å². The Morgan fingerprint density at radius 3 is 2.82 bits per heavy atom. The summed E-state index contributed by atoms with van der Waals surface area (Å²) in [5.74, 6) is 0.436. The Hall–Kier alpha value is -4.55. The number of carbonyl (C=O) groups is 1.